The minimum Gasteiger partial charge on any atom is -0.480 e. The number of carboxylic acids is 1. The summed E-state index contributed by atoms with van der Waals surface area (Å²) < 4.78 is 0. The smallest absolute Gasteiger partial charge is 0.320 e. The van der Waals surface area contributed by atoms with Crippen LogP contribution in [0.5, 0.6) is 0 Å². The van der Waals surface area contributed by atoms with Crippen LogP contribution in [0.3, 0.4) is 0 Å². The quantitative estimate of drug-likeness (QED) is 0.882. The van der Waals surface area contributed by atoms with Crippen molar-refractivity contribution in [1.29, 1.82) is 0 Å². The van der Waals surface area contributed by atoms with E-state index in [0.29, 0.717) is 6.42 Å². The predicted octanol–water partition coefficient (Wildman–Crippen LogP) is 2.62. The number of rotatable bonds is 4. The van der Waals surface area contributed by atoms with E-state index in [9.17, 15) is 4.79 Å². The summed E-state index contributed by atoms with van der Waals surface area (Å²) in [7, 11) is 0. The Kier molecular flexibility index (Phi) is 3.97. The van der Waals surface area contributed by atoms with Crippen LogP contribution in [0.4, 0.5) is 0 Å². The third-order valence-corrected chi connectivity index (χ3v) is 3.11. The molecule has 3 nitrogen and oxygen atoms in total. The molecule has 3 heteroatoms. The van der Waals surface area contributed by atoms with Crippen molar-refractivity contribution in [1.82, 2.24) is 0 Å². The molecule has 98 valence electrons. The van der Waals surface area contributed by atoms with Crippen LogP contribution in [0, 0.1) is 6.92 Å². The van der Waals surface area contributed by atoms with E-state index in [2.05, 4.69) is 31.2 Å². The third kappa shape index (κ3) is 3.42. The van der Waals surface area contributed by atoms with Gasteiger partial charge in [0.05, 0.1) is 0 Å². The first-order valence-electron chi connectivity index (χ1n) is 6.20. The van der Waals surface area contributed by atoms with Gasteiger partial charge in [-0.3, -0.25) is 4.79 Å². The van der Waals surface area contributed by atoms with Gasteiger partial charge in [-0.2, -0.15) is 0 Å². The van der Waals surface area contributed by atoms with Crippen molar-refractivity contribution < 1.29 is 9.90 Å². The molecule has 0 aromatic heterocycles. The molecule has 2 aromatic rings. The third-order valence-electron chi connectivity index (χ3n) is 3.11. The van der Waals surface area contributed by atoms with Gasteiger partial charge in [-0.15, -0.1) is 0 Å². The van der Waals surface area contributed by atoms with E-state index in [4.69, 9.17) is 10.8 Å². The fourth-order valence-corrected chi connectivity index (χ4v) is 1.92. The number of aliphatic carboxylic acids is 1. The molecule has 0 saturated carbocycles. The zero-order valence-electron chi connectivity index (χ0n) is 10.8. The molecule has 0 fully saturated rings. The molecule has 0 spiro atoms. The van der Waals surface area contributed by atoms with Gasteiger partial charge in [0.15, 0.2) is 0 Å². The van der Waals surface area contributed by atoms with Crippen LogP contribution in [-0.2, 0) is 11.2 Å². The Morgan fingerprint density at radius 1 is 1.05 bits per heavy atom. The van der Waals surface area contributed by atoms with Gasteiger partial charge < -0.3 is 10.8 Å². The zero-order valence-corrected chi connectivity index (χ0v) is 10.8. The van der Waals surface area contributed by atoms with Gasteiger partial charge in [0.1, 0.15) is 6.04 Å². The standard InChI is InChI=1S/C16H17NO2/c1-11-2-6-13(7-3-11)14-8-4-12(5-9-14)10-15(17)16(18)19/h2-9,15H,10,17H2,1H3,(H,18,19)/t15-/m1/s1. The maximum Gasteiger partial charge on any atom is 0.320 e. The second kappa shape index (κ2) is 5.67. The van der Waals surface area contributed by atoms with Gasteiger partial charge in [0.2, 0.25) is 0 Å². The molecule has 1 atom stereocenters. The second-order valence-corrected chi connectivity index (χ2v) is 4.71. The van der Waals surface area contributed by atoms with Gasteiger partial charge in [0.25, 0.3) is 0 Å². The van der Waals surface area contributed by atoms with E-state index in [0.717, 1.165) is 16.7 Å². The number of nitrogens with two attached hydrogens (primary N) is 1. The Balaban J connectivity index is 2.14. The SMILES string of the molecule is Cc1ccc(-c2ccc(C[C@@H](N)C(=O)O)cc2)cc1. The minimum absolute atomic E-state index is 0.351. The van der Waals surface area contributed by atoms with Gasteiger partial charge in [-0.05, 0) is 30.0 Å². The minimum atomic E-state index is -0.970. The normalized spacial score (nSPS) is 12.1. The average Bonchev–Trinajstić information content (AvgIpc) is 2.40. The highest BCUT2D eigenvalue weighted by Crippen LogP contribution is 2.20. The summed E-state index contributed by atoms with van der Waals surface area (Å²) >= 11 is 0. The van der Waals surface area contributed by atoms with E-state index in [1.165, 1.54) is 5.56 Å². The van der Waals surface area contributed by atoms with Crippen molar-refractivity contribution in [3.05, 3.63) is 59.7 Å². The number of carbonyl (C=O) groups is 1. The molecule has 0 saturated heterocycles. The predicted molar refractivity (Wildman–Crippen MR) is 75.9 cm³/mol. The van der Waals surface area contributed by atoms with Crippen molar-refractivity contribution in [2.24, 2.45) is 5.73 Å². The molecule has 19 heavy (non-hydrogen) atoms. The van der Waals surface area contributed by atoms with Gasteiger partial charge in [-0.25, -0.2) is 0 Å². The maximum atomic E-state index is 10.7. The van der Waals surface area contributed by atoms with Crippen molar-refractivity contribution in [2.75, 3.05) is 0 Å². The molecule has 2 rings (SSSR count). The molecule has 3 N–H and O–H groups in total. The zero-order chi connectivity index (χ0) is 13.8. The lowest BCUT2D eigenvalue weighted by molar-refractivity contribution is -0.138. The van der Waals surface area contributed by atoms with E-state index >= 15 is 0 Å². The largest absolute Gasteiger partial charge is 0.480 e. The molecular weight excluding hydrogens is 238 g/mol. The van der Waals surface area contributed by atoms with Gasteiger partial charge >= 0.3 is 5.97 Å². The van der Waals surface area contributed by atoms with E-state index in [1.807, 2.05) is 24.3 Å². The van der Waals surface area contributed by atoms with Crippen LogP contribution in [0.25, 0.3) is 11.1 Å². The average molecular weight is 255 g/mol. The Bertz CT molecular complexity index is 558. The fraction of sp³-hybridized carbons (Fsp3) is 0.188. The monoisotopic (exact) mass is 255 g/mol. The highest BCUT2D eigenvalue weighted by molar-refractivity contribution is 5.73. The highest BCUT2D eigenvalue weighted by atomic mass is 16.4. The van der Waals surface area contributed by atoms with E-state index < -0.39 is 12.0 Å². The number of aryl methyl sites for hydroxylation is 1. The lowest BCUT2D eigenvalue weighted by Gasteiger charge is -2.08. The first-order valence-corrected chi connectivity index (χ1v) is 6.20. The number of carboxylic acid groups (broad SMARTS) is 1. The number of hydrogen-bond acceptors (Lipinski definition) is 2. The summed E-state index contributed by atoms with van der Waals surface area (Å²) in [5.74, 6) is -0.970. The Morgan fingerprint density at radius 2 is 1.53 bits per heavy atom. The Hall–Kier alpha value is -2.13. The molecule has 0 radical (unpaired) electrons. The summed E-state index contributed by atoms with van der Waals surface area (Å²) in [5.41, 5.74) is 9.95. The topological polar surface area (TPSA) is 63.3 Å². The van der Waals surface area contributed by atoms with Crippen LogP contribution >= 0.6 is 0 Å². The lowest BCUT2D eigenvalue weighted by Crippen LogP contribution is -2.32. The number of hydrogen-bond donors (Lipinski definition) is 2. The molecule has 0 aliphatic carbocycles. The van der Waals surface area contributed by atoms with Gasteiger partial charge in [0, 0.05) is 0 Å². The number of benzene rings is 2. The van der Waals surface area contributed by atoms with Crippen molar-refractivity contribution >= 4 is 5.97 Å². The molecule has 0 unspecified atom stereocenters. The lowest BCUT2D eigenvalue weighted by atomic mass is 10.0. The maximum absolute atomic E-state index is 10.7. The highest BCUT2D eigenvalue weighted by Gasteiger charge is 2.11. The van der Waals surface area contributed by atoms with Gasteiger partial charge in [-0.1, -0.05) is 54.1 Å². The Morgan fingerprint density at radius 3 is 2.00 bits per heavy atom. The molecule has 0 amide bonds. The summed E-state index contributed by atoms with van der Waals surface area (Å²) in [4.78, 5) is 10.7. The van der Waals surface area contributed by atoms with E-state index in [-0.39, 0.29) is 0 Å². The van der Waals surface area contributed by atoms with Crippen LogP contribution in [0.2, 0.25) is 0 Å². The summed E-state index contributed by atoms with van der Waals surface area (Å²) in [6.07, 6.45) is 0.351. The van der Waals surface area contributed by atoms with Crippen molar-refractivity contribution in [3.63, 3.8) is 0 Å². The second-order valence-electron chi connectivity index (χ2n) is 4.71. The van der Waals surface area contributed by atoms with Crippen LogP contribution in [-0.4, -0.2) is 17.1 Å². The summed E-state index contributed by atoms with van der Waals surface area (Å²) in [6.45, 7) is 2.06. The summed E-state index contributed by atoms with van der Waals surface area (Å²) in [5, 5.41) is 8.78. The van der Waals surface area contributed by atoms with Crippen LogP contribution in [0.15, 0.2) is 48.5 Å². The Labute approximate surface area is 112 Å². The van der Waals surface area contributed by atoms with Crippen molar-refractivity contribution in [2.45, 2.75) is 19.4 Å². The molecule has 0 aliphatic heterocycles. The molecule has 0 bridgehead atoms. The first kappa shape index (κ1) is 13.3. The van der Waals surface area contributed by atoms with Crippen molar-refractivity contribution in [3.8, 4) is 11.1 Å². The molecule has 2 aromatic carbocycles. The summed E-state index contributed by atoms with van der Waals surface area (Å²) in [6, 6.07) is 15.3. The van der Waals surface area contributed by atoms with E-state index in [1.54, 1.807) is 0 Å². The van der Waals surface area contributed by atoms with Crippen LogP contribution in [0.1, 0.15) is 11.1 Å². The first-order chi connectivity index (χ1) is 9.06. The fourth-order valence-electron chi connectivity index (χ4n) is 1.92. The molecular formula is C16H17NO2. The van der Waals surface area contributed by atoms with Crippen LogP contribution < -0.4 is 5.73 Å². The molecule has 0 aliphatic rings. The molecule has 0 heterocycles.